The number of benzene rings is 1. The van der Waals surface area contributed by atoms with Crippen LogP contribution in [0.2, 0.25) is 0 Å². The number of hydrogen-bond donors (Lipinski definition) is 0. The highest BCUT2D eigenvalue weighted by molar-refractivity contribution is 5.79. The molecule has 0 spiro atoms. The molecule has 2 heteroatoms. The summed E-state index contributed by atoms with van der Waals surface area (Å²) in [5.41, 5.74) is 2.11. The van der Waals surface area contributed by atoms with Crippen molar-refractivity contribution in [2.24, 2.45) is 4.99 Å². The van der Waals surface area contributed by atoms with Crippen LogP contribution >= 0.6 is 0 Å². The topological polar surface area (TPSA) is 25.2 Å². The van der Waals surface area contributed by atoms with E-state index in [1.54, 1.807) is 6.20 Å². The molecule has 0 amide bonds. The molecule has 88 valence electrons. The highest BCUT2D eigenvalue weighted by Gasteiger charge is 1.88. The van der Waals surface area contributed by atoms with E-state index in [0.717, 1.165) is 11.3 Å². The molecule has 0 saturated carbocycles. The van der Waals surface area contributed by atoms with Crippen molar-refractivity contribution in [1.82, 2.24) is 4.98 Å². The number of aliphatic imine (C=N–C) groups is 1. The van der Waals surface area contributed by atoms with Gasteiger partial charge in [-0.2, -0.15) is 0 Å². The van der Waals surface area contributed by atoms with E-state index in [1.165, 1.54) is 0 Å². The van der Waals surface area contributed by atoms with Crippen molar-refractivity contribution < 1.29 is 0 Å². The van der Waals surface area contributed by atoms with Crippen molar-refractivity contribution in [3.63, 3.8) is 0 Å². The number of hydrogen-bond acceptors (Lipinski definition) is 2. The Balaban J connectivity index is 0.000000686. The van der Waals surface area contributed by atoms with Crippen molar-refractivity contribution in [3.8, 4) is 0 Å². The first-order valence-electron chi connectivity index (χ1n) is 5.90. The lowest BCUT2D eigenvalue weighted by molar-refractivity contribution is 0.995. The standard InChI is InChI=1S/C13H12N2.C2H6/c1-2-6-12(7-3-1)10-14-11-13-8-4-5-9-15-13;1-2/h1-10H,11H2;1-2H3. The van der Waals surface area contributed by atoms with E-state index in [2.05, 4.69) is 9.98 Å². The molecule has 17 heavy (non-hydrogen) atoms. The van der Waals surface area contributed by atoms with Gasteiger partial charge in [0, 0.05) is 12.4 Å². The minimum absolute atomic E-state index is 0.635. The van der Waals surface area contributed by atoms with Gasteiger partial charge in [-0.15, -0.1) is 0 Å². The summed E-state index contributed by atoms with van der Waals surface area (Å²) in [6, 6.07) is 15.9. The molecule has 0 unspecified atom stereocenters. The third kappa shape index (κ3) is 5.07. The van der Waals surface area contributed by atoms with Gasteiger partial charge in [-0.25, -0.2) is 0 Å². The molecule has 0 aliphatic carbocycles. The fraction of sp³-hybridized carbons (Fsp3) is 0.200. The molecule has 0 bridgehead atoms. The Kier molecular flexibility index (Phi) is 6.34. The second-order valence-electron chi connectivity index (χ2n) is 3.20. The van der Waals surface area contributed by atoms with Crippen molar-refractivity contribution in [3.05, 3.63) is 66.0 Å². The average Bonchev–Trinajstić information content (AvgIpc) is 2.43. The smallest absolute Gasteiger partial charge is 0.0811 e. The predicted molar refractivity (Wildman–Crippen MR) is 73.3 cm³/mol. The maximum absolute atomic E-state index is 4.32. The Morgan fingerprint density at radius 3 is 2.35 bits per heavy atom. The summed E-state index contributed by atoms with van der Waals surface area (Å²) in [5, 5.41) is 0. The van der Waals surface area contributed by atoms with Crippen molar-refractivity contribution in [1.29, 1.82) is 0 Å². The van der Waals surface area contributed by atoms with Crippen LogP contribution in [0, 0.1) is 0 Å². The molecule has 0 N–H and O–H groups in total. The normalized spacial score (nSPS) is 9.76. The molecule has 0 aliphatic heterocycles. The highest BCUT2D eigenvalue weighted by atomic mass is 14.8. The van der Waals surface area contributed by atoms with Gasteiger partial charge in [-0.1, -0.05) is 50.2 Å². The Morgan fingerprint density at radius 1 is 1.00 bits per heavy atom. The second kappa shape index (κ2) is 8.22. The first-order valence-corrected chi connectivity index (χ1v) is 5.90. The quantitative estimate of drug-likeness (QED) is 0.732. The molecule has 2 nitrogen and oxygen atoms in total. The number of aromatic nitrogens is 1. The van der Waals surface area contributed by atoms with Crippen LogP contribution in [0.25, 0.3) is 0 Å². The molecule has 1 aromatic carbocycles. The average molecular weight is 226 g/mol. The van der Waals surface area contributed by atoms with Gasteiger partial charge < -0.3 is 0 Å². The van der Waals surface area contributed by atoms with E-state index in [4.69, 9.17) is 0 Å². The van der Waals surface area contributed by atoms with E-state index in [0.29, 0.717) is 6.54 Å². The lowest BCUT2D eigenvalue weighted by Crippen LogP contribution is -1.86. The Hall–Kier alpha value is -1.96. The van der Waals surface area contributed by atoms with E-state index in [-0.39, 0.29) is 0 Å². The Labute approximate surface area is 103 Å². The maximum atomic E-state index is 4.32. The van der Waals surface area contributed by atoms with Gasteiger partial charge in [-0.3, -0.25) is 9.98 Å². The van der Waals surface area contributed by atoms with Gasteiger partial charge in [0.05, 0.1) is 12.2 Å². The Bertz CT molecular complexity index is 421. The summed E-state index contributed by atoms with van der Waals surface area (Å²) in [4.78, 5) is 8.52. The number of nitrogens with zero attached hydrogens (tertiary/aromatic N) is 2. The van der Waals surface area contributed by atoms with Crippen molar-refractivity contribution in [2.45, 2.75) is 20.4 Å². The van der Waals surface area contributed by atoms with E-state index in [1.807, 2.05) is 68.6 Å². The minimum Gasteiger partial charge on any atom is -0.286 e. The van der Waals surface area contributed by atoms with Crippen LogP contribution in [0.5, 0.6) is 0 Å². The molecule has 0 atom stereocenters. The Morgan fingerprint density at radius 2 is 1.71 bits per heavy atom. The predicted octanol–water partition coefficient (Wildman–Crippen LogP) is 3.73. The molecule has 2 aromatic rings. The zero-order valence-corrected chi connectivity index (χ0v) is 10.4. The summed E-state index contributed by atoms with van der Waals surface area (Å²) in [6.45, 7) is 4.63. The molecule has 2 rings (SSSR count). The third-order valence-electron chi connectivity index (χ3n) is 2.02. The maximum Gasteiger partial charge on any atom is 0.0811 e. The largest absolute Gasteiger partial charge is 0.286 e. The molecule has 1 heterocycles. The van der Waals surface area contributed by atoms with E-state index in [9.17, 15) is 0 Å². The summed E-state index contributed by atoms with van der Waals surface area (Å²) < 4.78 is 0. The van der Waals surface area contributed by atoms with Crippen molar-refractivity contribution >= 4 is 6.21 Å². The highest BCUT2D eigenvalue weighted by Crippen LogP contribution is 1.97. The van der Waals surface area contributed by atoms with Crippen LogP contribution in [0.15, 0.2) is 59.7 Å². The van der Waals surface area contributed by atoms with Crippen LogP contribution < -0.4 is 0 Å². The van der Waals surface area contributed by atoms with Gasteiger partial charge in [0.25, 0.3) is 0 Å². The summed E-state index contributed by atoms with van der Waals surface area (Å²) in [7, 11) is 0. The van der Waals surface area contributed by atoms with Gasteiger partial charge in [0.1, 0.15) is 0 Å². The van der Waals surface area contributed by atoms with E-state index >= 15 is 0 Å². The van der Waals surface area contributed by atoms with Crippen molar-refractivity contribution in [2.75, 3.05) is 0 Å². The van der Waals surface area contributed by atoms with Crippen LogP contribution in [0.3, 0.4) is 0 Å². The minimum atomic E-state index is 0.635. The van der Waals surface area contributed by atoms with Gasteiger partial charge in [0.15, 0.2) is 0 Å². The fourth-order valence-corrected chi connectivity index (χ4v) is 1.28. The lowest BCUT2D eigenvalue weighted by Gasteiger charge is -1.94. The molecule has 0 radical (unpaired) electrons. The zero-order valence-electron chi connectivity index (χ0n) is 10.4. The second-order valence-corrected chi connectivity index (χ2v) is 3.20. The summed E-state index contributed by atoms with van der Waals surface area (Å²) in [5.74, 6) is 0. The molecule has 0 aliphatic rings. The number of pyridine rings is 1. The van der Waals surface area contributed by atoms with Crippen LogP contribution in [-0.4, -0.2) is 11.2 Å². The first-order chi connectivity index (χ1) is 8.45. The van der Waals surface area contributed by atoms with E-state index < -0.39 is 0 Å². The molecular weight excluding hydrogens is 208 g/mol. The van der Waals surface area contributed by atoms with Gasteiger partial charge in [-0.05, 0) is 17.7 Å². The van der Waals surface area contributed by atoms with Crippen LogP contribution in [0.4, 0.5) is 0 Å². The zero-order chi connectivity index (χ0) is 12.3. The lowest BCUT2D eigenvalue weighted by atomic mass is 10.2. The summed E-state index contributed by atoms with van der Waals surface area (Å²) in [6.07, 6.45) is 3.65. The number of rotatable bonds is 3. The summed E-state index contributed by atoms with van der Waals surface area (Å²) >= 11 is 0. The van der Waals surface area contributed by atoms with Crippen LogP contribution in [-0.2, 0) is 6.54 Å². The fourth-order valence-electron chi connectivity index (χ4n) is 1.28. The SMILES string of the molecule is C(=NCc1ccccn1)c1ccccc1.CC. The van der Waals surface area contributed by atoms with Gasteiger partial charge in [0.2, 0.25) is 0 Å². The molecule has 0 saturated heterocycles. The molecule has 0 fully saturated rings. The molecular formula is C15H18N2. The third-order valence-corrected chi connectivity index (χ3v) is 2.02. The van der Waals surface area contributed by atoms with Gasteiger partial charge >= 0.3 is 0 Å². The monoisotopic (exact) mass is 226 g/mol. The molecule has 1 aromatic heterocycles. The van der Waals surface area contributed by atoms with Crippen LogP contribution in [0.1, 0.15) is 25.1 Å². The first kappa shape index (κ1) is 13.1.